The summed E-state index contributed by atoms with van der Waals surface area (Å²) in [6.07, 6.45) is 11.4. The Hall–Kier alpha value is -6.37. The van der Waals surface area contributed by atoms with Crippen LogP contribution in [0, 0.1) is 11.3 Å². The maximum absolute atomic E-state index is 10.3. The molecule has 0 fully saturated rings. The molecule has 0 bridgehead atoms. The lowest BCUT2D eigenvalue weighted by atomic mass is 9.80. The number of nitriles is 1. The zero-order valence-corrected chi connectivity index (χ0v) is 35.1. The summed E-state index contributed by atoms with van der Waals surface area (Å²) in [5.74, 6) is 0. The van der Waals surface area contributed by atoms with E-state index in [1.165, 1.54) is 126 Å². The van der Waals surface area contributed by atoms with Gasteiger partial charge < -0.3 is 9.13 Å². The standard InChI is InChI=1S/C57H49N3/c1-56(2)48-31-35(21-25-40(48)42-27-23-37(33-50(42)56)59-52-17-9-5-13-44(52)45-14-6-10-18-53(45)59)39(29-30-58)36-22-26-41-43-28-24-38(34-51(43)57(3,4)49(41)32-36)60-54-19-11-7-15-46(54)47-16-8-12-20-55(47)60/h5,7,9,11,13,15,17,19,21-29,31-34H,6,8,10,12,14,16,18,20H2,1-4H3. The van der Waals surface area contributed by atoms with E-state index in [0.29, 0.717) is 0 Å². The predicted octanol–water partition coefficient (Wildman–Crippen LogP) is 13.9. The first kappa shape index (κ1) is 35.6. The molecule has 0 unspecified atom stereocenters. The zero-order valence-electron chi connectivity index (χ0n) is 35.1. The largest absolute Gasteiger partial charge is 0.313 e. The number of hydrogen-bond acceptors (Lipinski definition) is 1. The summed E-state index contributed by atoms with van der Waals surface area (Å²) in [5.41, 5.74) is 24.5. The number of rotatable bonds is 4. The third-order valence-electron chi connectivity index (χ3n) is 15.0. The van der Waals surface area contributed by atoms with Gasteiger partial charge in [0.05, 0.1) is 17.1 Å². The van der Waals surface area contributed by atoms with Gasteiger partial charge in [0.15, 0.2) is 0 Å². The molecule has 0 N–H and O–H groups in total. The molecule has 60 heavy (non-hydrogen) atoms. The van der Waals surface area contributed by atoms with Crippen molar-refractivity contribution in [1.29, 1.82) is 5.26 Å². The number of nitrogens with zero attached hydrogens (tertiary/aromatic N) is 3. The molecular weight excluding hydrogens is 727 g/mol. The summed E-state index contributed by atoms with van der Waals surface area (Å²) >= 11 is 0. The summed E-state index contributed by atoms with van der Waals surface area (Å²) in [4.78, 5) is 0. The van der Waals surface area contributed by atoms with Crippen molar-refractivity contribution in [3.8, 4) is 39.7 Å². The first-order valence-electron chi connectivity index (χ1n) is 22.2. The second kappa shape index (κ2) is 12.8. The summed E-state index contributed by atoms with van der Waals surface area (Å²) in [7, 11) is 0. The van der Waals surface area contributed by atoms with Gasteiger partial charge in [-0.25, -0.2) is 0 Å². The van der Waals surface area contributed by atoms with Gasteiger partial charge in [-0.3, -0.25) is 0 Å². The van der Waals surface area contributed by atoms with E-state index in [1.54, 1.807) is 6.08 Å². The summed E-state index contributed by atoms with van der Waals surface area (Å²) in [6, 6.07) is 48.5. The molecular formula is C57H49N3. The zero-order chi connectivity index (χ0) is 40.5. The van der Waals surface area contributed by atoms with Gasteiger partial charge in [0.25, 0.3) is 0 Å². The van der Waals surface area contributed by atoms with E-state index in [-0.39, 0.29) is 10.8 Å². The Morgan fingerprint density at radius 2 is 0.900 bits per heavy atom. The van der Waals surface area contributed by atoms with E-state index in [9.17, 15) is 5.26 Å². The van der Waals surface area contributed by atoms with Crippen LogP contribution < -0.4 is 0 Å². The summed E-state index contributed by atoms with van der Waals surface area (Å²) < 4.78 is 5.10. The number of fused-ring (bicyclic) bond motifs is 12. The van der Waals surface area contributed by atoms with E-state index in [1.807, 2.05) is 0 Å². The molecule has 0 radical (unpaired) electrons. The number of benzene rings is 6. The Labute approximate surface area is 353 Å². The van der Waals surface area contributed by atoms with Crippen LogP contribution in [0.25, 0.3) is 61.0 Å². The molecule has 4 aliphatic carbocycles. The minimum absolute atomic E-state index is 0.207. The number of aromatic nitrogens is 2. The smallest absolute Gasteiger partial charge is 0.0918 e. The molecule has 8 aromatic rings. The average molecular weight is 776 g/mol. The van der Waals surface area contributed by atoms with Crippen molar-refractivity contribution < 1.29 is 0 Å². The summed E-state index contributed by atoms with van der Waals surface area (Å²) in [6.45, 7) is 9.49. The van der Waals surface area contributed by atoms with Crippen LogP contribution in [-0.4, -0.2) is 9.13 Å². The molecule has 4 aliphatic rings. The second-order valence-corrected chi connectivity index (χ2v) is 18.9. The Balaban J connectivity index is 0.911. The van der Waals surface area contributed by atoms with Gasteiger partial charge in [0, 0.05) is 50.4 Å². The quantitative estimate of drug-likeness (QED) is 0.164. The SMILES string of the molecule is CC1(C)c2cc(C(=CC#N)c3ccc4c(c3)C(C)(C)c3cc(-n5c6c(c7ccccc75)CCCC6)ccc3-4)ccc2-c2ccc(-n3c4c(c5ccccc53)CCCC4)cc21. The molecule has 2 heterocycles. The Morgan fingerprint density at radius 1 is 0.500 bits per heavy atom. The van der Waals surface area contributed by atoms with Crippen molar-refractivity contribution in [3.63, 3.8) is 0 Å². The molecule has 292 valence electrons. The minimum Gasteiger partial charge on any atom is -0.313 e. The van der Waals surface area contributed by atoms with Gasteiger partial charge in [0.2, 0.25) is 0 Å². The normalized spacial score (nSPS) is 16.4. The maximum atomic E-state index is 10.3. The van der Waals surface area contributed by atoms with Crippen molar-refractivity contribution in [1.82, 2.24) is 9.13 Å². The van der Waals surface area contributed by atoms with Crippen molar-refractivity contribution in [3.05, 3.63) is 183 Å². The molecule has 0 amide bonds. The van der Waals surface area contributed by atoms with E-state index >= 15 is 0 Å². The van der Waals surface area contributed by atoms with Gasteiger partial charge in [-0.15, -0.1) is 0 Å². The molecule has 12 rings (SSSR count). The number of allylic oxidation sites excluding steroid dienone is 1. The fourth-order valence-corrected chi connectivity index (χ4v) is 12.0. The van der Waals surface area contributed by atoms with Gasteiger partial charge in [-0.1, -0.05) is 100 Å². The van der Waals surface area contributed by atoms with E-state index in [0.717, 1.165) is 42.4 Å². The lowest BCUT2D eigenvalue weighted by Gasteiger charge is -2.24. The van der Waals surface area contributed by atoms with Crippen molar-refractivity contribution >= 4 is 27.4 Å². The average Bonchev–Trinajstić information content (AvgIpc) is 3.94. The Bertz CT molecular complexity index is 3020. The predicted molar refractivity (Wildman–Crippen MR) is 248 cm³/mol. The lowest BCUT2D eigenvalue weighted by Crippen LogP contribution is -2.16. The highest BCUT2D eigenvalue weighted by Crippen LogP contribution is 2.53. The highest BCUT2D eigenvalue weighted by atomic mass is 15.0. The minimum atomic E-state index is -0.207. The van der Waals surface area contributed by atoms with E-state index in [2.05, 4.69) is 164 Å². The molecule has 3 nitrogen and oxygen atoms in total. The summed E-state index contributed by atoms with van der Waals surface area (Å²) in [5, 5.41) is 13.1. The number of aryl methyl sites for hydroxylation is 2. The van der Waals surface area contributed by atoms with Crippen LogP contribution in [0.3, 0.4) is 0 Å². The molecule has 0 atom stereocenters. The Kier molecular flexibility index (Phi) is 7.60. The van der Waals surface area contributed by atoms with E-state index < -0.39 is 0 Å². The third kappa shape index (κ3) is 4.88. The maximum Gasteiger partial charge on any atom is 0.0918 e. The third-order valence-corrected chi connectivity index (χ3v) is 15.0. The monoisotopic (exact) mass is 775 g/mol. The van der Waals surface area contributed by atoms with Crippen LogP contribution in [0.5, 0.6) is 0 Å². The fraction of sp³-hybridized carbons (Fsp3) is 0.246. The van der Waals surface area contributed by atoms with Crippen LogP contribution in [-0.2, 0) is 36.5 Å². The first-order valence-corrected chi connectivity index (χ1v) is 22.2. The second-order valence-electron chi connectivity index (χ2n) is 18.9. The number of para-hydroxylation sites is 2. The van der Waals surface area contributed by atoms with Crippen molar-refractivity contribution in [2.75, 3.05) is 0 Å². The molecule has 6 aromatic carbocycles. The van der Waals surface area contributed by atoms with Crippen LogP contribution in [0.4, 0.5) is 0 Å². The highest BCUT2D eigenvalue weighted by Gasteiger charge is 2.38. The van der Waals surface area contributed by atoms with Gasteiger partial charge in [-0.2, -0.15) is 5.26 Å². The fourth-order valence-electron chi connectivity index (χ4n) is 12.0. The van der Waals surface area contributed by atoms with Gasteiger partial charge in [0.1, 0.15) is 0 Å². The van der Waals surface area contributed by atoms with Crippen molar-refractivity contribution in [2.24, 2.45) is 0 Å². The van der Waals surface area contributed by atoms with Crippen LogP contribution in [0.2, 0.25) is 0 Å². The number of hydrogen-bond donors (Lipinski definition) is 0. The van der Waals surface area contributed by atoms with E-state index in [4.69, 9.17) is 0 Å². The molecule has 0 saturated carbocycles. The molecule has 3 heteroatoms. The molecule has 0 spiro atoms. The van der Waals surface area contributed by atoms with Gasteiger partial charge in [-0.05, 0) is 172 Å². The van der Waals surface area contributed by atoms with Crippen LogP contribution >= 0.6 is 0 Å². The van der Waals surface area contributed by atoms with Crippen LogP contribution in [0.15, 0.2) is 127 Å². The highest BCUT2D eigenvalue weighted by molar-refractivity contribution is 5.92. The molecule has 2 aromatic heterocycles. The Morgan fingerprint density at radius 3 is 1.35 bits per heavy atom. The molecule has 0 aliphatic heterocycles. The first-order chi connectivity index (χ1) is 29.2. The lowest BCUT2D eigenvalue weighted by molar-refractivity contribution is 0.655. The topological polar surface area (TPSA) is 33.6 Å². The van der Waals surface area contributed by atoms with Gasteiger partial charge >= 0.3 is 0 Å². The molecule has 0 saturated heterocycles. The van der Waals surface area contributed by atoms with Crippen molar-refractivity contribution in [2.45, 2.75) is 89.9 Å². The van der Waals surface area contributed by atoms with Crippen LogP contribution in [0.1, 0.15) is 109 Å².